The minimum atomic E-state index is 0.232. The van der Waals surface area contributed by atoms with Gasteiger partial charge < -0.3 is 15.0 Å². The molecule has 1 heterocycles. The first-order chi connectivity index (χ1) is 11.5. The van der Waals surface area contributed by atoms with Gasteiger partial charge in [-0.25, -0.2) is 0 Å². The van der Waals surface area contributed by atoms with Crippen molar-refractivity contribution in [2.75, 3.05) is 26.7 Å². The predicted molar refractivity (Wildman–Crippen MR) is 103 cm³/mol. The van der Waals surface area contributed by atoms with Gasteiger partial charge in [0, 0.05) is 6.04 Å². The molecule has 136 valence electrons. The minimum Gasteiger partial charge on any atom is -0.491 e. The molecule has 0 bridgehead atoms. The molecule has 0 saturated carbocycles. The Balaban J connectivity index is 1.85. The summed E-state index contributed by atoms with van der Waals surface area (Å²) in [6, 6.07) is 9.44. The Kier molecular flexibility index (Phi) is 7.57. The van der Waals surface area contributed by atoms with Crippen molar-refractivity contribution in [1.82, 2.24) is 10.2 Å². The number of hydrogen-bond donors (Lipinski definition) is 1. The largest absolute Gasteiger partial charge is 0.491 e. The molecule has 0 aromatic heterocycles. The van der Waals surface area contributed by atoms with E-state index >= 15 is 0 Å². The fourth-order valence-electron chi connectivity index (χ4n) is 3.61. The van der Waals surface area contributed by atoms with Crippen LogP contribution in [0.4, 0.5) is 0 Å². The van der Waals surface area contributed by atoms with E-state index in [9.17, 15) is 0 Å². The van der Waals surface area contributed by atoms with Crippen molar-refractivity contribution in [2.24, 2.45) is 5.92 Å². The molecule has 1 saturated heterocycles. The van der Waals surface area contributed by atoms with Gasteiger partial charge in [-0.05, 0) is 89.3 Å². The van der Waals surface area contributed by atoms with Crippen molar-refractivity contribution in [3.8, 4) is 5.75 Å². The summed E-state index contributed by atoms with van der Waals surface area (Å²) in [5.74, 6) is 2.23. The summed E-state index contributed by atoms with van der Waals surface area (Å²) >= 11 is 0. The summed E-state index contributed by atoms with van der Waals surface area (Å²) in [4.78, 5) is 2.43. The van der Waals surface area contributed by atoms with Crippen LogP contribution in [0.5, 0.6) is 5.75 Å². The lowest BCUT2D eigenvalue weighted by molar-refractivity contribution is 0.233. The molecule has 1 atom stereocenters. The van der Waals surface area contributed by atoms with E-state index in [4.69, 9.17) is 4.74 Å². The zero-order chi connectivity index (χ0) is 17.5. The predicted octanol–water partition coefficient (Wildman–Crippen LogP) is 4.29. The van der Waals surface area contributed by atoms with Crippen LogP contribution in [0.2, 0.25) is 0 Å². The van der Waals surface area contributed by atoms with Crippen LogP contribution in [0.3, 0.4) is 0 Å². The molecule has 1 fully saturated rings. The molecule has 3 heteroatoms. The molecule has 1 N–H and O–H groups in total. The van der Waals surface area contributed by atoms with Crippen molar-refractivity contribution in [3.05, 3.63) is 29.8 Å². The Morgan fingerprint density at radius 2 is 1.71 bits per heavy atom. The lowest BCUT2D eigenvalue weighted by Crippen LogP contribution is -2.41. The Morgan fingerprint density at radius 3 is 2.25 bits per heavy atom. The van der Waals surface area contributed by atoms with Crippen molar-refractivity contribution in [1.29, 1.82) is 0 Å². The summed E-state index contributed by atoms with van der Waals surface area (Å²) in [5.41, 5.74) is 1.44. The average Bonchev–Trinajstić information content (AvgIpc) is 2.53. The van der Waals surface area contributed by atoms with Crippen LogP contribution in [-0.4, -0.2) is 43.7 Å². The van der Waals surface area contributed by atoms with Crippen molar-refractivity contribution < 1.29 is 4.74 Å². The van der Waals surface area contributed by atoms with E-state index in [2.05, 4.69) is 69.2 Å². The number of piperidine rings is 1. The van der Waals surface area contributed by atoms with Gasteiger partial charge >= 0.3 is 0 Å². The third-order valence-corrected chi connectivity index (χ3v) is 5.09. The molecule has 1 aromatic rings. The maximum absolute atomic E-state index is 5.76. The van der Waals surface area contributed by atoms with Gasteiger partial charge in [0.1, 0.15) is 5.75 Å². The quantitative estimate of drug-likeness (QED) is 0.768. The highest BCUT2D eigenvalue weighted by Gasteiger charge is 2.19. The zero-order valence-corrected chi connectivity index (χ0v) is 16.2. The molecule has 0 spiro atoms. The Labute approximate surface area is 148 Å². The number of likely N-dealkylation sites (tertiary alicyclic amines) is 1. The highest BCUT2D eigenvalue weighted by atomic mass is 16.5. The van der Waals surface area contributed by atoms with E-state index in [-0.39, 0.29) is 6.10 Å². The van der Waals surface area contributed by atoms with E-state index < -0.39 is 0 Å². The molecule has 2 rings (SSSR count). The van der Waals surface area contributed by atoms with E-state index in [0.717, 1.165) is 12.3 Å². The van der Waals surface area contributed by atoms with Gasteiger partial charge in [0.05, 0.1) is 6.10 Å². The van der Waals surface area contributed by atoms with Crippen LogP contribution >= 0.6 is 0 Å². The topological polar surface area (TPSA) is 24.5 Å². The van der Waals surface area contributed by atoms with Crippen molar-refractivity contribution in [2.45, 2.75) is 65.0 Å². The molecule has 3 nitrogen and oxygen atoms in total. The molecular formula is C21H36N2O. The van der Waals surface area contributed by atoms with Crippen LogP contribution in [0.1, 0.15) is 58.4 Å². The number of nitrogens with one attached hydrogen (secondary N) is 1. The first kappa shape index (κ1) is 19.3. The summed E-state index contributed by atoms with van der Waals surface area (Å²) < 4.78 is 5.76. The smallest absolute Gasteiger partial charge is 0.119 e. The Morgan fingerprint density at radius 1 is 1.08 bits per heavy atom. The molecule has 0 unspecified atom stereocenters. The SMILES string of the molecule is CC(C)Oc1ccc([C@H](CCNC2CCN(C)CC2)C(C)C)cc1. The van der Waals surface area contributed by atoms with Crippen molar-refractivity contribution >= 4 is 0 Å². The lowest BCUT2D eigenvalue weighted by Gasteiger charge is -2.30. The minimum absolute atomic E-state index is 0.232. The molecular weight excluding hydrogens is 296 g/mol. The molecule has 0 radical (unpaired) electrons. The first-order valence-electron chi connectivity index (χ1n) is 9.64. The molecule has 1 aromatic carbocycles. The number of nitrogens with zero attached hydrogens (tertiary/aromatic N) is 1. The lowest BCUT2D eigenvalue weighted by atomic mass is 9.85. The van der Waals surface area contributed by atoms with E-state index in [0.29, 0.717) is 17.9 Å². The zero-order valence-electron chi connectivity index (χ0n) is 16.2. The molecule has 0 aliphatic carbocycles. The van der Waals surface area contributed by atoms with Gasteiger partial charge in [-0.3, -0.25) is 0 Å². The second kappa shape index (κ2) is 9.43. The van der Waals surface area contributed by atoms with Crippen LogP contribution < -0.4 is 10.1 Å². The second-order valence-corrected chi connectivity index (χ2v) is 7.91. The molecule has 0 amide bonds. The summed E-state index contributed by atoms with van der Waals surface area (Å²) in [7, 11) is 2.22. The van der Waals surface area contributed by atoms with Gasteiger partial charge in [-0.2, -0.15) is 0 Å². The number of benzene rings is 1. The van der Waals surface area contributed by atoms with Gasteiger partial charge in [0.2, 0.25) is 0 Å². The highest BCUT2D eigenvalue weighted by molar-refractivity contribution is 5.30. The van der Waals surface area contributed by atoms with E-state index in [1.54, 1.807) is 0 Å². The normalized spacial score (nSPS) is 18.3. The van der Waals surface area contributed by atoms with E-state index in [1.807, 2.05) is 0 Å². The average molecular weight is 333 g/mol. The van der Waals surface area contributed by atoms with Gasteiger partial charge in [0.25, 0.3) is 0 Å². The third kappa shape index (κ3) is 6.10. The second-order valence-electron chi connectivity index (χ2n) is 7.91. The highest BCUT2D eigenvalue weighted by Crippen LogP contribution is 2.29. The number of rotatable bonds is 8. The fourth-order valence-corrected chi connectivity index (χ4v) is 3.61. The van der Waals surface area contributed by atoms with Gasteiger partial charge in [0.15, 0.2) is 0 Å². The Bertz CT molecular complexity index is 461. The van der Waals surface area contributed by atoms with Crippen LogP contribution in [0.25, 0.3) is 0 Å². The van der Waals surface area contributed by atoms with Crippen LogP contribution in [0.15, 0.2) is 24.3 Å². The molecule has 24 heavy (non-hydrogen) atoms. The third-order valence-electron chi connectivity index (χ3n) is 5.09. The van der Waals surface area contributed by atoms with Gasteiger partial charge in [-0.1, -0.05) is 26.0 Å². The summed E-state index contributed by atoms with van der Waals surface area (Å²) in [5, 5.41) is 3.78. The van der Waals surface area contributed by atoms with Gasteiger partial charge in [-0.15, -0.1) is 0 Å². The standard InChI is InChI=1S/C21H36N2O/c1-16(2)21(10-13-22-19-11-14-23(5)15-12-19)18-6-8-20(9-7-18)24-17(3)4/h6-9,16-17,19,21-22H,10-15H2,1-5H3/t21-/m1/s1. The van der Waals surface area contributed by atoms with Crippen LogP contribution in [-0.2, 0) is 0 Å². The summed E-state index contributed by atoms with van der Waals surface area (Å²) in [6.07, 6.45) is 4.00. The number of hydrogen-bond acceptors (Lipinski definition) is 3. The monoisotopic (exact) mass is 332 g/mol. The maximum Gasteiger partial charge on any atom is 0.119 e. The number of ether oxygens (including phenoxy) is 1. The van der Waals surface area contributed by atoms with Crippen LogP contribution in [0, 0.1) is 5.92 Å². The Hall–Kier alpha value is -1.06. The fraction of sp³-hybridized carbons (Fsp3) is 0.714. The molecule has 1 aliphatic rings. The van der Waals surface area contributed by atoms with E-state index in [1.165, 1.54) is 37.9 Å². The summed E-state index contributed by atoms with van der Waals surface area (Å²) in [6.45, 7) is 12.4. The molecule has 1 aliphatic heterocycles. The first-order valence-corrected chi connectivity index (χ1v) is 9.64. The maximum atomic E-state index is 5.76. The van der Waals surface area contributed by atoms with Crippen molar-refractivity contribution in [3.63, 3.8) is 0 Å².